The van der Waals surface area contributed by atoms with Crippen molar-refractivity contribution < 1.29 is 4.79 Å². The maximum Gasteiger partial charge on any atom is 0.234 e. The topological polar surface area (TPSA) is 69.8 Å². The van der Waals surface area contributed by atoms with Gasteiger partial charge >= 0.3 is 0 Å². The van der Waals surface area contributed by atoms with Gasteiger partial charge in [0.1, 0.15) is 5.82 Å². The zero-order chi connectivity index (χ0) is 13.9. The lowest BCUT2D eigenvalue weighted by Crippen LogP contribution is -2.36. The monoisotopic (exact) mass is 272 g/mol. The van der Waals surface area contributed by atoms with E-state index in [1.165, 1.54) is 12.8 Å². The van der Waals surface area contributed by atoms with E-state index in [1.54, 1.807) is 0 Å². The number of rotatable bonds is 6. The van der Waals surface area contributed by atoms with E-state index in [1.807, 2.05) is 31.2 Å². The molecule has 1 unspecified atom stereocenters. The molecule has 3 rings (SSSR count). The molecular weight excluding hydrogens is 252 g/mol. The zero-order valence-electron chi connectivity index (χ0n) is 11.6. The molecule has 20 heavy (non-hydrogen) atoms. The first-order valence-corrected chi connectivity index (χ1v) is 7.17. The number of amides is 1. The van der Waals surface area contributed by atoms with Crippen LogP contribution in [0.25, 0.3) is 11.0 Å². The summed E-state index contributed by atoms with van der Waals surface area (Å²) in [5, 5.41) is 6.14. The SMILES string of the molecule is CC(NC(=O)CNCC1CC1)c1nc2ccccc2[nH]1. The lowest BCUT2D eigenvalue weighted by atomic mass is 10.3. The summed E-state index contributed by atoms with van der Waals surface area (Å²) < 4.78 is 0. The summed E-state index contributed by atoms with van der Waals surface area (Å²) in [6, 6.07) is 7.75. The molecule has 1 aromatic heterocycles. The van der Waals surface area contributed by atoms with Crippen LogP contribution in [0.5, 0.6) is 0 Å². The van der Waals surface area contributed by atoms with Gasteiger partial charge in [-0.3, -0.25) is 4.79 Å². The average molecular weight is 272 g/mol. The first-order chi connectivity index (χ1) is 9.72. The highest BCUT2D eigenvalue weighted by Crippen LogP contribution is 2.27. The Balaban J connectivity index is 1.54. The van der Waals surface area contributed by atoms with Crippen LogP contribution in [0, 0.1) is 5.92 Å². The highest BCUT2D eigenvalue weighted by atomic mass is 16.1. The first-order valence-electron chi connectivity index (χ1n) is 7.17. The van der Waals surface area contributed by atoms with Crippen molar-refractivity contribution in [3.05, 3.63) is 30.1 Å². The normalized spacial score (nSPS) is 16.2. The largest absolute Gasteiger partial charge is 0.345 e. The Hall–Kier alpha value is -1.88. The van der Waals surface area contributed by atoms with Crippen LogP contribution in [0.2, 0.25) is 0 Å². The molecule has 5 nitrogen and oxygen atoms in total. The van der Waals surface area contributed by atoms with E-state index in [-0.39, 0.29) is 11.9 Å². The van der Waals surface area contributed by atoms with Crippen LogP contribution in [-0.4, -0.2) is 29.0 Å². The van der Waals surface area contributed by atoms with Gasteiger partial charge in [-0.25, -0.2) is 4.98 Å². The number of para-hydroxylation sites is 2. The Morgan fingerprint density at radius 2 is 2.25 bits per heavy atom. The number of aromatic amines is 1. The summed E-state index contributed by atoms with van der Waals surface area (Å²) in [7, 11) is 0. The van der Waals surface area contributed by atoms with E-state index in [9.17, 15) is 4.79 Å². The fourth-order valence-corrected chi connectivity index (χ4v) is 2.25. The Morgan fingerprint density at radius 1 is 1.45 bits per heavy atom. The predicted octanol–water partition coefficient (Wildman–Crippen LogP) is 1.74. The van der Waals surface area contributed by atoms with Crippen LogP contribution in [-0.2, 0) is 4.79 Å². The van der Waals surface area contributed by atoms with Crippen LogP contribution >= 0.6 is 0 Å². The van der Waals surface area contributed by atoms with Gasteiger partial charge in [0.2, 0.25) is 5.91 Å². The van der Waals surface area contributed by atoms with E-state index in [0.29, 0.717) is 6.54 Å². The molecule has 1 aliphatic rings. The fraction of sp³-hybridized carbons (Fsp3) is 0.467. The van der Waals surface area contributed by atoms with Crippen molar-refractivity contribution in [2.75, 3.05) is 13.1 Å². The lowest BCUT2D eigenvalue weighted by molar-refractivity contribution is -0.120. The van der Waals surface area contributed by atoms with Crippen molar-refractivity contribution >= 4 is 16.9 Å². The minimum Gasteiger partial charge on any atom is -0.345 e. The number of carbonyl (C=O) groups is 1. The number of fused-ring (bicyclic) bond motifs is 1. The molecule has 0 saturated heterocycles. The van der Waals surface area contributed by atoms with Crippen LogP contribution < -0.4 is 10.6 Å². The van der Waals surface area contributed by atoms with Crippen molar-refractivity contribution in [2.24, 2.45) is 5.92 Å². The molecule has 1 aromatic carbocycles. The van der Waals surface area contributed by atoms with E-state index in [4.69, 9.17) is 0 Å². The lowest BCUT2D eigenvalue weighted by Gasteiger charge is -2.11. The number of carbonyl (C=O) groups excluding carboxylic acids is 1. The Labute approximate surface area is 118 Å². The van der Waals surface area contributed by atoms with Crippen LogP contribution in [0.1, 0.15) is 31.6 Å². The summed E-state index contributed by atoms with van der Waals surface area (Å²) in [5.41, 5.74) is 1.92. The third-order valence-corrected chi connectivity index (χ3v) is 3.61. The second kappa shape index (κ2) is 5.63. The Kier molecular flexibility index (Phi) is 3.69. The molecule has 0 spiro atoms. The molecule has 1 aliphatic carbocycles. The van der Waals surface area contributed by atoms with Gasteiger partial charge in [-0.15, -0.1) is 0 Å². The molecule has 5 heteroatoms. The number of benzene rings is 1. The van der Waals surface area contributed by atoms with E-state index < -0.39 is 0 Å². The molecule has 1 amide bonds. The number of aromatic nitrogens is 2. The third-order valence-electron chi connectivity index (χ3n) is 3.61. The molecule has 0 bridgehead atoms. The van der Waals surface area contributed by atoms with Gasteiger partial charge < -0.3 is 15.6 Å². The van der Waals surface area contributed by atoms with Crippen molar-refractivity contribution in [1.29, 1.82) is 0 Å². The van der Waals surface area contributed by atoms with E-state index in [2.05, 4.69) is 20.6 Å². The highest BCUT2D eigenvalue weighted by Gasteiger charge is 2.21. The number of H-pyrrole nitrogens is 1. The molecule has 2 aromatic rings. The number of imidazole rings is 1. The van der Waals surface area contributed by atoms with Gasteiger partial charge in [-0.1, -0.05) is 12.1 Å². The van der Waals surface area contributed by atoms with Gasteiger partial charge in [0, 0.05) is 0 Å². The van der Waals surface area contributed by atoms with Crippen molar-refractivity contribution in [1.82, 2.24) is 20.6 Å². The maximum absolute atomic E-state index is 11.8. The summed E-state index contributed by atoms with van der Waals surface area (Å²) in [6.07, 6.45) is 2.59. The molecular formula is C15H20N4O. The number of nitrogens with zero attached hydrogens (tertiary/aromatic N) is 1. The second-order valence-electron chi connectivity index (χ2n) is 5.50. The molecule has 0 radical (unpaired) electrons. The molecule has 1 saturated carbocycles. The predicted molar refractivity (Wildman–Crippen MR) is 78.2 cm³/mol. The van der Waals surface area contributed by atoms with Crippen LogP contribution in [0.15, 0.2) is 24.3 Å². The maximum atomic E-state index is 11.8. The fourth-order valence-electron chi connectivity index (χ4n) is 2.25. The summed E-state index contributed by atoms with van der Waals surface area (Å²) in [4.78, 5) is 19.6. The molecule has 106 valence electrons. The van der Waals surface area contributed by atoms with Crippen molar-refractivity contribution in [2.45, 2.75) is 25.8 Å². The molecule has 3 N–H and O–H groups in total. The number of nitrogens with one attached hydrogen (secondary N) is 3. The van der Waals surface area contributed by atoms with Crippen molar-refractivity contribution in [3.8, 4) is 0 Å². The van der Waals surface area contributed by atoms with Crippen LogP contribution in [0.4, 0.5) is 0 Å². The quantitative estimate of drug-likeness (QED) is 0.750. The molecule has 1 atom stereocenters. The average Bonchev–Trinajstić information content (AvgIpc) is 3.15. The minimum absolute atomic E-state index is 0.0126. The van der Waals surface area contributed by atoms with Crippen LogP contribution in [0.3, 0.4) is 0 Å². The van der Waals surface area contributed by atoms with Gasteiger partial charge in [-0.2, -0.15) is 0 Å². The van der Waals surface area contributed by atoms with Gasteiger partial charge in [-0.05, 0) is 44.4 Å². The number of hydrogen-bond donors (Lipinski definition) is 3. The first kappa shape index (κ1) is 13.1. The standard InChI is InChI=1S/C15H20N4O/c1-10(17-14(20)9-16-8-11-6-7-11)15-18-12-4-2-3-5-13(12)19-15/h2-5,10-11,16H,6-9H2,1H3,(H,17,20)(H,18,19). The summed E-state index contributed by atoms with van der Waals surface area (Å²) in [5.74, 6) is 1.59. The smallest absolute Gasteiger partial charge is 0.234 e. The third kappa shape index (κ3) is 3.17. The second-order valence-corrected chi connectivity index (χ2v) is 5.50. The Bertz CT molecular complexity index is 570. The van der Waals surface area contributed by atoms with E-state index in [0.717, 1.165) is 29.3 Å². The molecule has 0 aliphatic heterocycles. The summed E-state index contributed by atoms with van der Waals surface area (Å²) in [6.45, 7) is 3.27. The van der Waals surface area contributed by atoms with Crippen molar-refractivity contribution in [3.63, 3.8) is 0 Å². The van der Waals surface area contributed by atoms with Gasteiger partial charge in [0.05, 0.1) is 23.6 Å². The highest BCUT2D eigenvalue weighted by molar-refractivity contribution is 5.79. The summed E-state index contributed by atoms with van der Waals surface area (Å²) >= 11 is 0. The van der Waals surface area contributed by atoms with Gasteiger partial charge in [0.15, 0.2) is 0 Å². The Morgan fingerprint density at radius 3 is 3.00 bits per heavy atom. The zero-order valence-corrected chi connectivity index (χ0v) is 11.6. The molecule has 1 heterocycles. The minimum atomic E-state index is -0.113. The number of hydrogen-bond acceptors (Lipinski definition) is 3. The van der Waals surface area contributed by atoms with Gasteiger partial charge in [0.25, 0.3) is 0 Å². The van der Waals surface area contributed by atoms with E-state index >= 15 is 0 Å². The molecule has 1 fully saturated rings.